The molecule has 0 spiro atoms. The second-order valence-corrected chi connectivity index (χ2v) is 3.79. The van der Waals surface area contributed by atoms with Gasteiger partial charge in [-0.25, -0.2) is 9.90 Å². The smallest absolute Gasteiger partial charge is 0.247 e. The lowest BCUT2D eigenvalue weighted by molar-refractivity contribution is -0.142. The van der Waals surface area contributed by atoms with E-state index in [0.29, 0.717) is 0 Å². The minimum absolute atomic E-state index is 0.0127. The lowest BCUT2D eigenvalue weighted by atomic mass is 9.93. The third-order valence-electron chi connectivity index (χ3n) is 2.84. The molecule has 1 aromatic rings. The van der Waals surface area contributed by atoms with E-state index in [9.17, 15) is 9.90 Å². The molecule has 0 saturated carbocycles. The maximum Gasteiger partial charge on any atom is 0.359 e. The molecule has 0 saturated heterocycles. The van der Waals surface area contributed by atoms with Crippen molar-refractivity contribution in [3.63, 3.8) is 0 Å². The fraction of sp³-hybridized carbons (Fsp3) is 0.417. The summed E-state index contributed by atoms with van der Waals surface area (Å²) < 4.78 is 0. The van der Waals surface area contributed by atoms with Crippen LogP contribution in [-0.2, 0) is 16.3 Å². The molecule has 2 nitrogen and oxygen atoms in total. The largest absolute Gasteiger partial charge is 0.359 e. The Labute approximate surface area is 84.6 Å². The van der Waals surface area contributed by atoms with E-state index in [0.717, 1.165) is 16.7 Å². The number of aryl methyl sites for hydroxylation is 2. The standard InChI is InChI=1S/C12H15O2/c1-7-5-8(2)11(6-12(13)14)10(4)9(7)3/h5H,6H2,1-4H3. The van der Waals surface area contributed by atoms with Crippen molar-refractivity contribution in [2.45, 2.75) is 34.1 Å². The summed E-state index contributed by atoms with van der Waals surface area (Å²) in [7, 11) is 0. The fourth-order valence-electron chi connectivity index (χ4n) is 1.75. The second kappa shape index (κ2) is 3.82. The molecular formula is C12H15O2. The van der Waals surface area contributed by atoms with Crippen LogP contribution in [-0.4, -0.2) is 5.97 Å². The lowest BCUT2D eigenvalue weighted by Gasteiger charge is -2.12. The monoisotopic (exact) mass is 191 g/mol. The van der Waals surface area contributed by atoms with Crippen molar-refractivity contribution in [1.29, 1.82) is 0 Å². The number of hydrogen-bond acceptors (Lipinski definition) is 1. The van der Waals surface area contributed by atoms with Crippen LogP contribution in [0.1, 0.15) is 27.8 Å². The van der Waals surface area contributed by atoms with Gasteiger partial charge >= 0.3 is 5.97 Å². The van der Waals surface area contributed by atoms with Crippen LogP contribution in [0.5, 0.6) is 0 Å². The molecule has 0 aliphatic heterocycles. The average Bonchev–Trinajstić information content (AvgIpc) is 2.09. The van der Waals surface area contributed by atoms with Crippen LogP contribution < -0.4 is 0 Å². The molecule has 0 heterocycles. The van der Waals surface area contributed by atoms with Crippen molar-refractivity contribution in [1.82, 2.24) is 0 Å². The number of rotatable bonds is 2. The predicted octanol–water partition coefficient (Wildman–Crippen LogP) is 2.42. The molecule has 14 heavy (non-hydrogen) atoms. The van der Waals surface area contributed by atoms with E-state index in [1.54, 1.807) is 0 Å². The Morgan fingerprint density at radius 1 is 1.07 bits per heavy atom. The van der Waals surface area contributed by atoms with Crippen molar-refractivity contribution in [2.75, 3.05) is 0 Å². The van der Waals surface area contributed by atoms with Gasteiger partial charge < -0.3 is 0 Å². The molecule has 0 N–H and O–H groups in total. The Morgan fingerprint density at radius 3 is 2.14 bits per heavy atom. The summed E-state index contributed by atoms with van der Waals surface area (Å²) in [5.74, 6) is -1.01. The first-order valence-corrected chi connectivity index (χ1v) is 4.69. The molecule has 0 aliphatic rings. The SMILES string of the molecule is Cc1cc(C)c(CC([O])=O)c(C)c1C. The molecule has 1 rings (SSSR count). The highest BCUT2D eigenvalue weighted by atomic mass is 16.4. The normalized spacial score (nSPS) is 10.3. The number of benzene rings is 1. The average molecular weight is 191 g/mol. The van der Waals surface area contributed by atoms with Crippen LogP contribution >= 0.6 is 0 Å². The van der Waals surface area contributed by atoms with Gasteiger partial charge in [0, 0.05) is 0 Å². The fourth-order valence-corrected chi connectivity index (χ4v) is 1.75. The number of carbonyl (C=O) groups is 1. The molecule has 0 amide bonds. The van der Waals surface area contributed by atoms with Gasteiger partial charge in [-0.1, -0.05) is 6.07 Å². The van der Waals surface area contributed by atoms with Crippen LogP contribution in [0.25, 0.3) is 0 Å². The molecule has 0 unspecified atom stereocenters. The Hall–Kier alpha value is -1.31. The van der Waals surface area contributed by atoms with Crippen LogP contribution in [0.15, 0.2) is 6.07 Å². The summed E-state index contributed by atoms with van der Waals surface area (Å²) in [5.41, 5.74) is 5.39. The highest BCUT2D eigenvalue weighted by Crippen LogP contribution is 2.21. The summed E-state index contributed by atoms with van der Waals surface area (Å²) in [5, 5.41) is 10.6. The van der Waals surface area contributed by atoms with Crippen LogP contribution in [0.2, 0.25) is 0 Å². The second-order valence-electron chi connectivity index (χ2n) is 3.79. The quantitative estimate of drug-likeness (QED) is 0.707. The Bertz CT molecular complexity index is 378. The Balaban J connectivity index is 3.29. The van der Waals surface area contributed by atoms with Gasteiger partial charge in [0.15, 0.2) is 0 Å². The molecular weight excluding hydrogens is 176 g/mol. The molecule has 2 heteroatoms. The van der Waals surface area contributed by atoms with Gasteiger partial charge in [0.2, 0.25) is 0 Å². The summed E-state index contributed by atoms with van der Waals surface area (Å²) in [6.45, 7) is 7.96. The number of hydrogen-bond donors (Lipinski definition) is 0. The van der Waals surface area contributed by atoms with E-state index in [4.69, 9.17) is 0 Å². The maximum atomic E-state index is 10.6. The predicted molar refractivity (Wildman–Crippen MR) is 54.8 cm³/mol. The third kappa shape index (κ3) is 1.95. The summed E-state index contributed by atoms with van der Waals surface area (Å²) >= 11 is 0. The van der Waals surface area contributed by atoms with Crippen molar-refractivity contribution < 1.29 is 9.90 Å². The van der Waals surface area contributed by atoms with Crippen LogP contribution in [0.4, 0.5) is 0 Å². The van der Waals surface area contributed by atoms with E-state index in [1.807, 2.05) is 33.8 Å². The van der Waals surface area contributed by atoms with E-state index in [-0.39, 0.29) is 6.42 Å². The van der Waals surface area contributed by atoms with Gasteiger partial charge in [0.25, 0.3) is 0 Å². The zero-order valence-electron chi connectivity index (χ0n) is 9.10. The van der Waals surface area contributed by atoms with Crippen LogP contribution in [0.3, 0.4) is 0 Å². The van der Waals surface area contributed by atoms with E-state index in [1.165, 1.54) is 11.1 Å². The summed E-state index contributed by atoms with van der Waals surface area (Å²) in [6, 6.07) is 2.03. The highest BCUT2D eigenvalue weighted by Gasteiger charge is 2.11. The van der Waals surface area contributed by atoms with Crippen molar-refractivity contribution in [3.05, 3.63) is 33.9 Å². The third-order valence-corrected chi connectivity index (χ3v) is 2.84. The van der Waals surface area contributed by atoms with E-state index >= 15 is 0 Å². The minimum atomic E-state index is -1.01. The molecule has 0 fully saturated rings. The first kappa shape index (κ1) is 10.8. The van der Waals surface area contributed by atoms with E-state index in [2.05, 4.69) is 0 Å². The van der Waals surface area contributed by atoms with E-state index < -0.39 is 5.97 Å². The summed E-state index contributed by atoms with van der Waals surface area (Å²) in [6.07, 6.45) is 0.0127. The number of carbonyl (C=O) groups excluding carboxylic acids is 1. The van der Waals surface area contributed by atoms with Crippen molar-refractivity contribution in [2.24, 2.45) is 0 Å². The highest BCUT2D eigenvalue weighted by molar-refractivity contribution is 5.71. The van der Waals surface area contributed by atoms with Gasteiger partial charge in [-0.3, -0.25) is 0 Å². The van der Waals surface area contributed by atoms with Gasteiger partial charge in [-0.05, 0) is 55.5 Å². The van der Waals surface area contributed by atoms with Gasteiger partial charge in [-0.2, -0.15) is 0 Å². The van der Waals surface area contributed by atoms with Crippen molar-refractivity contribution in [3.8, 4) is 0 Å². The molecule has 0 aromatic heterocycles. The van der Waals surface area contributed by atoms with Gasteiger partial charge in [-0.15, -0.1) is 0 Å². The molecule has 0 aliphatic carbocycles. The van der Waals surface area contributed by atoms with Crippen molar-refractivity contribution >= 4 is 5.97 Å². The van der Waals surface area contributed by atoms with Gasteiger partial charge in [0.05, 0.1) is 6.42 Å². The topological polar surface area (TPSA) is 37.0 Å². The molecule has 0 atom stereocenters. The zero-order chi connectivity index (χ0) is 10.9. The zero-order valence-corrected chi connectivity index (χ0v) is 9.10. The Kier molecular flexibility index (Phi) is 2.94. The first-order valence-electron chi connectivity index (χ1n) is 4.69. The first-order chi connectivity index (χ1) is 6.43. The summed E-state index contributed by atoms with van der Waals surface area (Å²) in [4.78, 5) is 10.6. The molecule has 1 aromatic carbocycles. The maximum absolute atomic E-state index is 10.6. The van der Waals surface area contributed by atoms with Gasteiger partial charge in [0.1, 0.15) is 0 Å². The lowest BCUT2D eigenvalue weighted by Crippen LogP contribution is -2.05. The molecule has 1 radical (unpaired) electrons. The minimum Gasteiger partial charge on any atom is -0.247 e. The Morgan fingerprint density at radius 2 is 1.64 bits per heavy atom. The molecule has 0 bridgehead atoms. The molecule has 75 valence electrons. The van der Waals surface area contributed by atoms with Crippen LogP contribution in [0, 0.1) is 27.7 Å².